The zero-order valence-electron chi connectivity index (χ0n) is 15.4. The van der Waals surface area contributed by atoms with Crippen LogP contribution in [-0.4, -0.2) is 41.7 Å². The summed E-state index contributed by atoms with van der Waals surface area (Å²) < 4.78 is 0. The van der Waals surface area contributed by atoms with E-state index in [9.17, 15) is 14.4 Å². The van der Waals surface area contributed by atoms with Gasteiger partial charge in [-0.05, 0) is 41.7 Å². The summed E-state index contributed by atoms with van der Waals surface area (Å²) >= 11 is 0. The lowest BCUT2D eigenvalue weighted by Gasteiger charge is -2.22. The first-order chi connectivity index (χ1) is 12.9. The van der Waals surface area contributed by atoms with Crippen LogP contribution in [0.1, 0.15) is 33.5 Å². The number of amides is 4. The Kier molecular flexibility index (Phi) is 3.98. The molecule has 2 aromatic rings. The predicted molar refractivity (Wildman–Crippen MR) is 100.0 cm³/mol. The fourth-order valence-corrected chi connectivity index (χ4v) is 3.93. The number of rotatable bonds is 3. The van der Waals surface area contributed by atoms with Gasteiger partial charge in [-0.1, -0.05) is 36.4 Å². The summed E-state index contributed by atoms with van der Waals surface area (Å²) in [5, 5.41) is 2.93. The standard InChI is InChI=1S/C21H21N3O3/c1-23(2)18(25)16-9-7-14(8-10-16)13-24-19(26)21(22-20(24)27)12-11-15-5-3-4-6-17(15)21/h3-10H,11-13H2,1-2H3,(H,22,27). The van der Waals surface area contributed by atoms with Crippen LogP contribution in [-0.2, 0) is 23.3 Å². The van der Waals surface area contributed by atoms with Crippen molar-refractivity contribution < 1.29 is 14.4 Å². The van der Waals surface area contributed by atoms with E-state index in [1.165, 1.54) is 9.80 Å². The molecule has 1 heterocycles. The van der Waals surface area contributed by atoms with Crippen LogP contribution in [0, 0.1) is 0 Å². The van der Waals surface area contributed by atoms with Gasteiger partial charge in [-0.3, -0.25) is 14.5 Å². The van der Waals surface area contributed by atoms with E-state index < -0.39 is 5.54 Å². The largest absolute Gasteiger partial charge is 0.345 e. The maximum absolute atomic E-state index is 13.2. The van der Waals surface area contributed by atoms with Crippen LogP contribution in [0.25, 0.3) is 0 Å². The SMILES string of the molecule is CN(C)C(=O)c1ccc(CN2C(=O)NC3(CCc4ccccc43)C2=O)cc1. The molecule has 6 heteroatoms. The van der Waals surface area contributed by atoms with Crippen molar-refractivity contribution in [1.29, 1.82) is 0 Å². The minimum Gasteiger partial charge on any atom is -0.345 e. The highest BCUT2D eigenvalue weighted by molar-refractivity contribution is 6.08. The zero-order valence-corrected chi connectivity index (χ0v) is 15.4. The smallest absolute Gasteiger partial charge is 0.325 e. The average Bonchev–Trinajstić information content (AvgIpc) is 3.15. The molecule has 1 atom stereocenters. The fourth-order valence-electron chi connectivity index (χ4n) is 3.93. The number of nitrogens with zero attached hydrogens (tertiary/aromatic N) is 2. The van der Waals surface area contributed by atoms with E-state index in [4.69, 9.17) is 0 Å². The topological polar surface area (TPSA) is 69.7 Å². The van der Waals surface area contributed by atoms with Gasteiger partial charge in [0, 0.05) is 19.7 Å². The zero-order chi connectivity index (χ0) is 19.2. The first-order valence-corrected chi connectivity index (χ1v) is 8.95. The number of urea groups is 1. The van der Waals surface area contributed by atoms with Crippen molar-refractivity contribution in [2.75, 3.05) is 14.1 Å². The molecule has 4 amide bonds. The molecule has 138 valence electrons. The van der Waals surface area contributed by atoms with E-state index in [0.29, 0.717) is 12.0 Å². The number of aryl methyl sites for hydroxylation is 1. The summed E-state index contributed by atoms with van der Waals surface area (Å²) in [6.45, 7) is 0.186. The molecule has 1 aliphatic carbocycles. The van der Waals surface area contributed by atoms with Crippen molar-refractivity contribution in [3.8, 4) is 0 Å². The van der Waals surface area contributed by atoms with Crippen LogP contribution in [0.4, 0.5) is 4.79 Å². The minimum absolute atomic E-state index is 0.0851. The molecule has 1 unspecified atom stereocenters. The van der Waals surface area contributed by atoms with Crippen molar-refractivity contribution in [2.24, 2.45) is 0 Å². The molecule has 4 rings (SSSR count). The van der Waals surface area contributed by atoms with Gasteiger partial charge in [0.1, 0.15) is 5.54 Å². The molecule has 2 aromatic carbocycles. The Hall–Kier alpha value is -3.15. The maximum atomic E-state index is 13.2. The van der Waals surface area contributed by atoms with Crippen molar-refractivity contribution >= 4 is 17.8 Å². The summed E-state index contributed by atoms with van der Waals surface area (Å²) in [7, 11) is 3.39. The second-order valence-corrected chi connectivity index (χ2v) is 7.28. The third-order valence-electron chi connectivity index (χ3n) is 5.37. The quantitative estimate of drug-likeness (QED) is 0.851. The molecular formula is C21H21N3O3. The number of carbonyl (C=O) groups excluding carboxylic acids is 3. The second-order valence-electron chi connectivity index (χ2n) is 7.28. The molecule has 6 nitrogen and oxygen atoms in total. The van der Waals surface area contributed by atoms with Crippen LogP contribution in [0.2, 0.25) is 0 Å². The van der Waals surface area contributed by atoms with E-state index in [0.717, 1.165) is 23.1 Å². The lowest BCUT2D eigenvalue weighted by atomic mass is 9.92. The Morgan fingerprint density at radius 2 is 1.81 bits per heavy atom. The first-order valence-electron chi connectivity index (χ1n) is 8.95. The summed E-state index contributed by atoms with van der Waals surface area (Å²) in [6.07, 6.45) is 1.36. The lowest BCUT2D eigenvalue weighted by Crippen LogP contribution is -2.41. The number of hydrogen-bond acceptors (Lipinski definition) is 3. The van der Waals surface area contributed by atoms with Gasteiger partial charge >= 0.3 is 6.03 Å². The Morgan fingerprint density at radius 3 is 2.52 bits per heavy atom. The first kappa shape index (κ1) is 17.3. The van der Waals surface area contributed by atoms with E-state index in [2.05, 4.69) is 5.32 Å². The van der Waals surface area contributed by atoms with Gasteiger partial charge in [0.2, 0.25) is 0 Å². The molecule has 1 saturated heterocycles. The molecule has 27 heavy (non-hydrogen) atoms. The van der Waals surface area contributed by atoms with Crippen LogP contribution in [0.15, 0.2) is 48.5 Å². The molecular weight excluding hydrogens is 342 g/mol. The molecule has 1 spiro atoms. The Balaban J connectivity index is 1.57. The Bertz CT molecular complexity index is 936. The molecule has 0 saturated carbocycles. The average molecular weight is 363 g/mol. The summed E-state index contributed by atoms with van der Waals surface area (Å²) in [6, 6.07) is 14.4. The summed E-state index contributed by atoms with van der Waals surface area (Å²) in [4.78, 5) is 40.5. The van der Waals surface area contributed by atoms with Crippen LogP contribution in [0.5, 0.6) is 0 Å². The van der Waals surface area contributed by atoms with Gasteiger partial charge in [-0.15, -0.1) is 0 Å². The molecule has 1 N–H and O–H groups in total. The third-order valence-corrected chi connectivity index (χ3v) is 5.37. The summed E-state index contributed by atoms with van der Waals surface area (Å²) in [5.41, 5.74) is 2.45. The number of hydrogen-bond donors (Lipinski definition) is 1. The van der Waals surface area contributed by atoms with E-state index in [1.54, 1.807) is 38.4 Å². The predicted octanol–water partition coefficient (Wildman–Crippen LogP) is 2.28. The highest BCUT2D eigenvalue weighted by Crippen LogP contribution is 2.41. The highest BCUT2D eigenvalue weighted by Gasteiger charge is 2.55. The monoisotopic (exact) mass is 363 g/mol. The molecule has 2 aliphatic rings. The van der Waals surface area contributed by atoms with Gasteiger partial charge in [0.15, 0.2) is 0 Å². The van der Waals surface area contributed by atoms with Crippen molar-refractivity contribution in [2.45, 2.75) is 24.9 Å². The van der Waals surface area contributed by atoms with Gasteiger partial charge in [0.05, 0.1) is 6.54 Å². The number of benzene rings is 2. The van der Waals surface area contributed by atoms with Crippen LogP contribution in [0.3, 0.4) is 0 Å². The summed E-state index contributed by atoms with van der Waals surface area (Å²) in [5.74, 6) is -0.288. The Morgan fingerprint density at radius 1 is 1.11 bits per heavy atom. The molecule has 0 bridgehead atoms. The Labute approximate surface area is 157 Å². The van der Waals surface area contributed by atoms with Crippen LogP contribution < -0.4 is 5.32 Å². The molecule has 1 aliphatic heterocycles. The van der Waals surface area contributed by atoms with E-state index in [-0.39, 0.29) is 24.4 Å². The van der Waals surface area contributed by atoms with Gasteiger partial charge in [-0.2, -0.15) is 0 Å². The molecule has 0 radical (unpaired) electrons. The normalized spacial score (nSPS) is 20.7. The van der Waals surface area contributed by atoms with Crippen LogP contribution >= 0.6 is 0 Å². The highest BCUT2D eigenvalue weighted by atomic mass is 16.2. The number of nitrogens with one attached hydrogen (secondary N) is 1. The number of imide groups is 1. The van der Waals surface area contributed by atoms with Gasteiger partial charge in [0.25, 0.3) is 11.8 Å². The minimum atomic E-state index is -0.936. The third kappa shape index (κ3) is 2.68. The molecule has 1 fully saturated rings. The molecule has 0 aromatic heterocycles. The van der Waals surface area contributed by atoms with Gasteiger partial charge in [-0.25, -0.2) is 4.79 Å². The second kappa shape index (κ2) is 6.23. The van der Waals surface area contributed by atoms with E-state index >= 15 is 0 Å². The van der Waals surface area contributed by atoms with Crippen molar-refractivity contribution in [3.05, 3.63) is 70.8 Å². The maximum Gasteiger partial charge on any atom is 0.325 e. The van der Waals surface area contributed by atoms with Gasteiger partial charge < -0.3 is 10.2 Å². The fraction of sp³-hybridized carbons (Fsp3) is 0.286. The number of fused-ring (bicyclic) bond motifs is 2. The number of carbonyl (C=O) groups is 3. The van der Waals surface area contributed by atoms with E-state index in [1.807, 2.05) is 24.3 Å². The van der Waals surface area contributed by atoms with Crippen molar-refractivity contribution in [3.63, 3.8) is 0 Å². The van der Waals surface area contributed by atoms with Crippen molar-refractivity contribution in [1.82, 2.24) is 15.1 Å². The lowest BCUT2D eigenvalue weighted by molar-refractivity contribution is -0.132.